The Labute approximate surface area is 109 Å². The van der Waals surface area contributed by atoms with E-state index in [1.54, 1.807) is 0 Å². The molecule has 1 aromatic carbocycles. The van der Waals surface area contributed by atoms with Gasteiger partial charge in [-0.05, 0) is 17.7 Å². The first kappa shape index (κ1) is 13.7. The lowest BCUT2D eigenvalue weighted by Gasteiger charge is -2.08. The van der Waals surface area contributed by atoms with Gasteiger partial charge in [0.15, 0.2) is 5.69 Å². The van der Waals surface area contributed by atoms with Crippen LogP contribution in [0.4, 0.5) is 19.0 Å². The molecule has 0 aliphatic rings. The summed E-state index contributed by atoms with van der Waals surface area (Å²) >= 11 is 0. The van der Waals surface area contributed by atoms with E-state index in [0.29, 0.717) is 0 Å². The van der Waals surface area contributed by atoms with E-state index in [1.165, 1.54) is 24.3 Å². The van der Waals surface area contributed by atoms with E-state index in [9.17, 15) is 18.0 Å². The lowest BCUT2D eigenvalue weighted by atomic mass is 10.1. The second-order valence-corrected chi connectivity index (χ2v) is 3.84. The van der Waals surface area contributed by atoms with Gasteiger partial charge in [-0.2, -0.15) is 9.78 Å². The van der Waals surface area contributed by atoms with Gasteiger partial charge in [0, 0.05) is 0 Å². The van der Waals surface area contributed by atoms with Gasteiger partial charge in [-0.3, -0.25) is 0 Å². The highest BCUT2D eigenvalue weighted by atomic mass is 19.4. The number of aromatic hydroxyl groups is 1. The monoisotopic (exact) mass is 287 g/mol. The molecule has 1 heterocycles. The molecule has 0 aliphatic carbocycles. The predicted molar refractivity (Wildman–Crippen MR) is 62.0 cm³/mol. The van der Waals surface area contributed by atoms with Crippen LogP contribution in [0.15, 0.2) is 24.3 Å². The topological polar surface area (TPSA) is 101 Å². The number of phenols is 1. The molecule has 0 unspecified atom stereocenters. The van der Waals surface area contributed by atoms with Crippen molar-refractivity contribution in [1.82, 2.24) is 9.78 Å². The van der Waals surface area contributed by atoms with Crippen LogP contribution in [-0.4, -0.2) is 26.0 Å². The number of rotatable bonds is 2. The summed E-state index contributed by atoms with van der Waals surface area (Å²) < 4.78 is 37.5. The van der Waals surface area contributed by atoms with Crippen LogP contribution in [0.1, 0.15) is 10.5 Å². The first-order valence-corrected chi connectivity index (χ1v) is 5.20. The van der Waals surface area contributed by atoms with E-state index in [2.05, 4.69) is 5.10 Å². The van der Waals surface area contributed by atoms with Gasteiger partial charge in [0.2, 0.25) is 0 Å². The highest BCUT2D eigenvalue weighted by molar-refractivity contribution is 5.97. The summed E-state index contributed by atoms with van der Waals surface area (Å²) in [6.07, 6.45) is -4.93. The van der Waals surface area contributed by atoms with Crippen molar-refractivity contribution in [3.8, 4) is 16.9 Å². The second-order valence-electron chi connectivity index (χ2n) is 3.84. The zero-order valence-electron chi connectivity index (χ0n) is 9.72. The third-order valence-corrected chi connectivity index (χ3v) is 2.52. The van der Waals surface area contributed by atoms with Crippen molar-refractivity contribution in [1.29, 1.82) is 0 Å². The number of carboxylic acids is 1. The number of halogens is 3. The van der Waals surface area contributed by atoms with Crippen LogP contribution in [-0.2, 0) is 6.30 Å². The number of aromatic carboxylic acids is 1. The van der Waals surface area contributed by atoms with Gasteiger partial charge in [0.25, 0.3) is 0 Å². The van der Waals surface area contributed by atoms with E-state index < -0.39 is 28.5 Å². The molecule has 9 heteroatoms. The number of aromatic nitrogens is 2. The number of benzene rings is 1. The third kappa shape index (κ3) is 2.25. The largest absolute Gasteiger partial charge is 0.508 e. The molecule has 6 nitrogen and oxygen atoms in total. The van der Waals surface area contributed by atoms with E-state index >= 15 is 0 Å². The number of nitrogen functional groups attached to an aromatic ring is 1. The summed E-state index contributed by atoms with van der Waals surface area (Å²) in [5.74, 6) is -2.59. The van der Waals surface area contributed by atoms with Crippen LogP contribution < -0.4 is 5.73 Å². The van der Waals surface area contributed by atoms with Crippen LogP contribution in [0.5, 0.6) is 5.75 Å². The summed E-state index contributed by atoms with van der Waals surface area (Å²) in [6, 6.07) is 4.89. The van der Waals surface area contributed by atoms with E-state index in [4.69, 9.17) is 15.9 Å². The molecule has 0 aliphatic heterocycles. The number of alkyl halides is 3. The van der Waals surface area contributed by atoms with E-state index in [1.807, 2.05) is 0 Å². The van der Waals surface area contributed by atoms with Crippen molar-refractivity contribution in [3.05, 3.63) is 30.0 Å². The smallest absolute Gasteiger partial charge is 0.506 e. The van der Waals surface area contributed by atoms with Gasteiger partial charge in [0.1, 0.15) is 11.6 Å². The summed E-state index contributed by atoms with van der Waals surface area (Å²) in [4.78, 5) is 11.0. The SMILES string of the molecule is Nc1c(-c2ccc(O)cc2)c(C(=O)O)nn1C(F)(F)F. The normalized spacial score (nSPS) is 11.6. The first-order valence-electron chi connectivity index (χ1n) is 5.20. The van der Waals surface area contributed by atoms with E-state index in [0.717, 1.165) is 0 Å². The molecule has 20 heavy (non-hydrogen) atoms. The summed E-state index contributed by atoms with van der Waals surface area (Å²) in [7, 11) is 0. The molecule has 4 N–H and O–H groups in total. The van der Waals surface area contributed by atoms with Crippen LogP contribution >= 0.6 is 0 Å². The van der Waals surface area contributed by atoms with Gasteiger partial charge in [-0.1, -0.05) is 12.1 Å². The van der Waals surface area contributed by atoms with Crippen molar-refractivity contribution < 1.29 is 28.2 Å². The van der Waals surface area contributed by atoms with Gasteiger partial charge < -0.3 is 15.9 Å². The second kappa shape index (κ2) is 4.44. The molecule has 0 radical (unpaired) electrons. The minimum absolute atomic E-state index is 0.105. The highest BCUT2D eigenvalue weighted by Gasteiger charge is 2.37. The highest BCUT2D eigenvalue weighted by Crippen LogP contribution is 2.35. The molecule has 0 bridgehead atoms. The van der Waals surface area contributed by atoms with Gasteiger partial charge in [-0.25, -0.2) is 4.79 Å². The molecule has 0 amide bonds. The maximum absolute atomic E-state index is 12.7. The summed E-state index contributed by atoms with van der Waals surface area (Å²) in [6.45, 7) is 0. The van der Waals surface area contributed by atoms with Crippen LogP contribution in [0.25, 0.3) is 11.1 Å². The summed E-state index contributed by atoms with van der Waals surface area (Å²) in [5.41, 5.74) is 4.29. The standard InChI is InChI=1S/C11H8F3N3O3/c12-11(13,14)17-9(15)7(8(16-17)10(19)20)5-1-3-6(18)4-2-5/h1-4,18H,15H2,(H,19,20). The molecule has 2 aromatic rings. The zero-order valence-corrected chi connectivity index (χ0v) is 9.72. The Hall–Kier alpha value is -2.71. The lowest BCUT2D eigenvalue weighted by Crippen LogP contribution is -2.20. The molecule has 0 spiro atoms. The fraction of sp³-hybridized carbons (Fsp3) is 0.0909. The number of carboxylic acid groups (broad SMARTS) is 1. The van der Waals surface area contributed by atoms with Crippen molar-refractivity contribution in [2.75, 3.05) is 5.73 Å². The van der Waals surface area contributed by atoms with Gasteiger partial charge in [0.05, 0.1) is 5.56 Å². The number of nitrogens with zero attached hydrogens (tertiary/aromatic N) is 2. The van der Waals surface area contributed by atoms with Gasteiger partial charge in [-0.15, -0.1) is 13.2 Å². The maximum Gasteiger partial charge on any atom is 0.506 e. The fourth-order valence-electron chi connectivity index (χ4n) is 1.69. The zero-order chi connectivity index (χ0) is 15.1. The predicted octanol–water partition coefficient (Wildman–Crippen LogP) is 2.01. The average molecular weight is 287 g/mol. The Bertz CT molecular complexity index is 662. The van der Waals surface area contributed by atoms with Crippen LogP contribution in [0, 0.1) is 0 Å². The molecular formula is C11H8F3N3O3. The molecule has 0 saturated carbocycles. The Kier molecular flexibility index (Phi) is 3.04. The molecule has 0 fully saturated rings. The van der Waals surface area contributed by atoms with Crippen LogP contribution in [0.3, 0.4) is 0 Å². The molecule has 106 valence electrons. The quantitative estimate of drug-likeness (QED) is 0.784. The Morgan fingerprint density at radius 2 is 1.80 bits per heavy atom. The maximum atomic E-state index is 12.7. The van der Waals surface area contributed by atoms with Crippen molar-refractivity contribution in [3.63, 3.8) is 0 Å². The Morgan fingerprint density at radius 1 is 1.25 bits per heavy atom. The number of hydrogen-bond donors (Lipinski definition) is 3. The minimum atomic E-state index is -4.93. The molecule has 2 rings (SSSR count). The van der Waals surface area contributed by atoms with Crippen LogP contribution in [0.2, 0.25) is 0 Å². The average Bonchev–Trinajstić information content (AvgIpc) is 2.68. The number of phenolic OH excluding ortho intramolecular Hbond substituents is 1. The van der Waals surface area contributed by atoms with Crippen molar-refractivity contribution in [2.24, 2.45) is 0 Å². The molecular weight excluding hydrogens is 279 g/mol. The Balaban J connectivity index is 2.71. The number of nitrogens with two attached hydrogens (primary N) is 1. The minimum Gasteiger partial charge on any atom is -0.508 e. The Morgan fingerprint density at radius 3 is 2.25 bits per heavy atom. The van der Waals surface area contributed by atoms with Gasteiger partial charge >= 0.3 is 12.3 Å². The fourth-order valence-corrected chi connectivity index (χ4v) is 1.69. The molecule has 0 saturated heterocycles. The number of anilines is 1. The molecule has 1 aromatic heterocycles. The van der Waals surface area contributed by atoms with E-state index in [-0.39, 0.29) is 16.9 Å². The third-order valence-electron chi connectivity index (χ3n) is 2.52. The number of hydrogen-bond acceptors (Lipinski definition) is 4. The van der Waals surface area contributed by atoms with Crippen molar-refractivity contribution in [2.45, 2.75) is 6.30 Å². The van der Waals surface area contributed by atoms with Crippen molar-refractivity contribution >= 4 is 11.8 Å². The number of carbonyl (C=O) groups is 1. The first-order chi connectivity index (χ1) is 9.21. The molecule has 0 atom stereocenters. The lowest BCUT2D eigenvalue weighted by molar-refractivity contribution is -0.210. The summed E-state index contributed by atoms with van der Waals surface area (Å²) in [5, 5.41) is 21.1.